The molecule has 1 aliphatic heterocycles. The van der Waals surface area contributed by atoms with Gasteiger partial charge in [-0.05, 0) is 31.3 Å². The number of piperazine rings is 1. The first-order valence-corrected chi connectivity index (χ1v) is 9.82. The Labute approximate surface area is 176 Å². The highest BCUT2D eigenvalue weighted by molar-refractivity contribution is 6.03. The predicted octanol–water partition coefficient (Wildman–Crippen LogP) is 2.78. The normalized spacial score (nSPS) is 14.8. The molecule has 0 atom stereocenters. The number of carbonyl (C=O) groups excluding carboxylic acids is 2. The molecule has 0 radical (unpaired) electrons. The number of likely N-dealkylation sites (N-methyl/N-ethyl adjacent to an activating group) is 1. The number of carbonyl (C=O) groups is 2. The summed E-state index contributed by atoms with van der Waals surface area (Å²) < 4.78 is 10.5. The molecule has 30 heavy (non-hydrogen) atoms. The fourth-order valence-electron chi connectivity index (χ4n) is 3.27. The monoisotopic (exact) mass is 412 g/mol. The lowest BCUT2D eigenvalue weighted by Gasteiger charge is -2.31. The summed E-state index contributed by atoms with van der Waals surface area (Å²) >= 11 is 0. The van der Waals surface area contributed by atoms with Gasteiger partial charge in [0, 0.05) is 43.5 Å². The quantitative estimate of drug-likeness (QED) is 0.681. The standard InChI is InChI=1S/C22H28N4O4/c1-25-9-11-26(12-10-25)15-20(27)16-5-4-6-17(13-16)23-22(28)24-19-14-18(29-2)7-8-21(19)30-3/h4-8,13-14H,9-12,15H2,1-3H3,(H2,23,24,28). The first-order valence-electron chi connectivity index (χ1n) is 9.82. The number of nitrogens with one attached hydrogen (secondary N) is 2. The summed E-state index contributed by atoms with van der Waals surface area (Å²) in [6.45, 7) is 4.06. The zero-order chi connectivity index (χ0) is 21.5. The number of ketones is 1. The third-order valence-electron chi connectivity index (χ3n) is 5.06. The van der Waals surface area contributed by atoms with Crippen molar-refractivity contribution >= 4 is 23.2 Å². The Hall–Kier alpha value is -3.10. The van der Waals surface area contributed by atoms with Gasteiger partial charge < -0.3 is 25.0 Å². The second kappa shape index (κ2) is 10.1. The average Bonchev–Trinajstić information content (AvgIpc) is 2.75. The molecule has 1 heterocycles. The van der Waals surface area contributed by atoms with Gasteiger partial charge in [0.25, 0.3) is 0 Å². The van der Waals surface area contributed by atoms with Gasteiger partial charge in [0.2, 0.25) is 0 Å². The lowest BCUT2D eigenvalue weighted by molar-refractivity contribution is 0.0876. The van der Waals surface area contributed by atoms with E-state index in [9.17, 15) is 9.59 Å². The zero-order valence-corrected chi connectivity index (χ0v) is 17.6. The number of hydrogen-bond acceptors (Lipinski definition) is 6. The molecule has 1 aliphatic rings. The number of amides is 2. The van der Waals surface area contributed by atoms with E-state index in [4.69, 9.17) is 9.47 Å². The van der Waals surface area contributed by atoms with E-state index in [1.54, 1.807) is 49.6 Å². The minimum atomic E-state index is -0.440. The summed E-state index contributed by atoms with van der Waals surface area (Å²) in [6, 6.07) is 11.7. The van der Waals surface area contributed by atoms with Crippen LogP contribution in [0.15, 0.2) is 42.5 Å². The van der Waals surface area contributed by atoms with Gasteiger partial charge in [-0.1, -0.05) is 12.1 Å². The van der Waals surface area contributed by atoms with Crippen LogP contribution < -0.4 is 20.1 Å². The minimum Gasteiger partial charge on any atom is -0.497 e. The summed E-state index contributed by atoms with van der Waals surface area (Å²) in [5.74, 6) is 1.16. The van der Waals surface area contributed by atoms with E-state index in [2.05, 4.69) is 27.5 Å². The van der Waals surface area contributed by atoms with Crippen molar-refractivity contribution in [2.24, 2.45) is 0 Å². The van der Waals surface area contributed by atoms with Crippen LogP contribution in [0.1, 0.15) is 10.4 Å². The lowest BCUT2D eigenvalue weighted by Crippen LogP contribution is -2.46. The van der Waals surface area contributed by atoms with E-state index >= 15 is 0 Å². The molecule has 2 N–H and O–H groups in total. The maximum absolute atomic E-state index is 12.7. The number of nitrogens with zero attached hydrogens (tertiary/aromatic N) is 2. The number of ether oxygens (including phenoxy) is 2. The number of hydrogen-bond donors (Lipinski definition) is 2. The van der Waals surface area contributed by atoms with Crippen LogP contribution in [0.5, 0.6) is 11.5 Å². The number of Topliss-reactive ketones (excluding diaryl/α,β-unsaturated/α-hetero) is 1. The summed E-state index contributed by atoms with van der Waals surface area (Å²) in [7, 11) is 5.16. The van der Waals surface area contributed by atoms with Crippen molar-refractivity contribution in [3.05, 3.63) is 48.0 Å². The van der Waals surface area contributed by atoms with Crippen LogP contribution in [0.2, 0.25) is 0 Å². The Kier molecular flexibility index (Phi) is 7.26. The second-order valence-electron chi connectivity index (χ2n) is 7.23. The van der Waals surface area contributed by atoms with E-state index < -0.39 is 6.03 Å². The molecule has 2 aromatic rings. The number of methoxy groups -OCH3 is 2. The third kappa shape index (κ3) is 5.71. The van der Waals surface area contributed by atoms with E-state index in [0.717, 1.165) is 26.2 Å². The maximum atomic E-state index is 12.7. The smallest absolute Gasteiger partial charge is 0.323 e. The summed E-state index contributed by atoms with van der Waals surface area (Å²) in [6.07, 6.45) is 0. The molecule has 8 nitrogen and oxygen atoms in total. The molecule has 1 saturated heterocycles. The topological polar surface area (TPSA) is 83.1 Å². The van der Waals surface area contributed by atoms with E-state index in [-0.39, 0.29) is 5.78 Å². The molecule has 2 aromatic carbocycles. The van der Waals surface area contributed by atoms with E-state index in [0.29, 0.717) is 35.0 Å². The molecule has 160 valence electrons. The average molecular weight is 412 g/mol. The molecule has 0 unspecified atom stereocenters. The molecule has 0 spiro atoms. The highest BCUT2D eigenvalue weighted by atomic mass is 16.5. The Morgan fingerprint density at radius 1 is 0.967 bits per heavy atom. The van der Waals surface area contributed by atoms with Crippen molar-refractivity contribution in [3.8, 4) is 11.5 Å². The lowest BCUT2D eigenvalue weighted by atomic mass is 10.1. The SMILES string of the molecule is COc1ccc(OC)c(NC(=O)Nc2cccc(C(=O)CN3CCN(C)CC3)c2)c1. The van der Waals surface area contributed by atoms with Gasteiger partial charge in [-0.2, -0.15) is 0 Å². The molecule has 2 amide bonds. The van der Waals surface area contributed by atoms with Crippen molar-refractivity contribution in [1.82, 2.24) is 9.80 Å². The third-order valence-corrected chi connectivity index (χ3v) is 5.06. The molecule has 8 heteroatoms. The molecule has 1 fully saturated rings. The predicted molar refractivity (Wildman–Crippen MR) is 117 cm³/mol. The summed E-state index contributed by atoms with van der Waals surface area (Å²) in [5, 5.41) is 5.52. The van der Waals surface area contributed by atoms with Crippen LogP contribution in [0.25, 0.3) is 0 Å². The molecular weight excluding hydrogens is 384 g/mol. The molecule has 0 saturated carbocycles. The van der Waals surface area contributed by atoms with Gasteiger partial charge in [0.05, 0.1) is 26.5 Å². The maximum Gasteiger partial charge on any atom is 0.323 e. The first kappa shape index (κ1) is 21.6. The van der Waals surface area contributed by atoms with Crippen LogP contribution >= 0.6 is 0 Å². The van der Waals surface area contributed by atoms with Crippen molar-refractivity contribution in [3.63, 3.8) is 0 Å². The summed E-state index contributed by atoms with van der Waals surface area (Å²) in [5.41, 5.74) is 1.60. The molecule has 3 rings (SSSR count). The van der Waals surface area contributed by atoms with Crippen molar-refractivity contribution < 1.29 is 19.1 Å². The van der Waals surface area contributed by atoms with E-state index in [1.807, 2.05) is 0 Å². The molecule has 0 bridgehead atoms. The highest BCUT2D eigenvalue weighted by Crippen LogP contribution is 2.29. The Morgan fingerprint density at radius 2 is 1.73 bits per heavy atom. The van der Waals surface area contributed by atoms with Crippen LogP contribution in [-0.4, -0.2) is 75.6 Å². The van der Waals surface area contributed by atoms with Crippen molar-refractivity contribution in [2.45, 2.75) is 0 Å². The van der Waals surface area contributed by atoms with Crippen LogP contribution in [-0.2, 0) is 0 Å². The number of urea groups is 1. The van der Waals surface area contributed by atoms with Crippen LogP contribution in [0.3, 0.4) is 0 Å². The van der Waals surface area contributed by atoms with Gasteiger partial charge in [0.15, 0.2) is 5.78 Å². The zero-order valence-electron chi connectivity index (χ0n) is 17.6. The van der Waals surface area contributed by atoms with Gasteiger partial charge >= 0.3 is 6.03 Å². The molecule has 0 aromatic heterocycles. The second-order valence-corrected chi connectivity index (χ2v) is 7.23. The van der Waals surface area contributed by atoms with Crippen LogP contribution in [0.4, 0.5) is 16.2 Å². The highest BCUT2D eigenvalue weighted by Gasteiger charge is 2.18. The minimum absolute atomic E-state index is 0.0399. The summed E-state index contributed by atoms with van der Waals surface area (Å²) in [4.78, 5) is 29.5. The Bertz CT molecular complexity index is 894. The van der Waals surface area contributed by atoms with Crippen LogP contribution in [0, 0.1) is 0 Å². The van der Waals surface area contributed by atoms with Gasteiger partial charge in [-0.15, -0.1) is 0 Å². The number of benzene rings is 2. The number of anilines is 2. The fraction of sp³-hybridized carbons (Fsp3) is 0.364. The fourth-order valence-corrected chi connectivity index (χ4v) is 3.27. The largest absolute Gasteiger partial charge is 0.497 e. The van der Waals surface area contributed by atoms with Crippen molar-refractivity contribution in [1.29, 1.82) is 0 Å². The van der Waals surface area contributed by atoms with Crippen molar-refractivity contribution in [2.75, 3.05) is 64.6 Å². The van der Waals surface area contributed by atoms with Gasteiger partial charge in [-0.25, -0.2) is 4.79 Å². The van der Waals surface area contributed by atoms with E-state index in [1.165, 1.54) is 7.11 Å². The van der Waals surface area contributed by atoms with Gasteiger partial charge in [-0.3, -0.25) is 9.69 Å². The first-order chi connectivity index (χ1) is 14.5. The Balaban J connectivity index is 1.62. The Morgan fingerprint density at radius 3 is 2.43 bits per heavy atom. The van der Waals surface area contributed by atoms with Gasteiger partial charge in [0.1, 0.15) is 11.5 Å². The number of rotatable bonds is 7. The molecular formula is C22H28N4O4. The molecule has 0 aliphatic carbocycles.